The summed E-state index contributed by atoms with van der Waals surface area (Å²) in [5.41, 5.74) is 6.93. The van der Waals surface area contributed by atoms with E-state index >= 15 is 0 Å². The first-order chi connectivity index (χ1) is 9.29. The highest BCUT2D eigenvalue weighted by molar-refractivity contribution is 8.00. The van der Waals surface area contributed by atoms with E-state index in [2.05, 4.69) is 41.1 Å². The summed E-state index contributed by atoms with van der Waals surface area (Å²) < 4.78 is 0. The molecule has 3 rings (SSSR count). The van der Waals surface area contributed by atoms with Gasteiger partial charge in [-0.3, -0.25) is 0 Å². The summed E-state index contributed by atoms with van der Waals surface area (Å²) in [4.78, 5) is 7.08. The lowest BCUT2D eigenvalue weighted by Crippen LogP contribution is -2.37. The van der Waals surface area contributed by atoms with Crippen molar-refractivity contribution in [2.75, 3.05) is 23.7 Å². The van der Waals surface area contributed by atoms with Crippen LogP contribution in [0, 0.1) is 0 Å². The molecular formula is C15H19N3S. The summed E-state index contributed by atoms with van der Waals surface area (Å²) in [6, 6.07) is 8.45. The van der Waals surface area contributed by atoms with E-state index < -0.39 is 0 Å². The Morgan fingerprint density at radius 1 is 1.37 bits per heavy atom. The van der Waals surface area contributed by atoms with E-state index in [4.69, 9.17) is 5.73 Å². The van der Waals surface area contributed by atoms with Crippen molar-refractivity contribution >= 4 is 28.4 Å². The molecule has 0 bridgehead atoms. The lowest BCUT2D eigenvalue weighted by molar-refractivity contribution is 0.773. The Bertz CT molecular complexity index is 585. The van der Waals surface area contributed by atoms with E-state index in [-0.39, 0.29) is 0 Å². The predicted octanol–water partition coefficient (Wildman–Crippen LogP) is 2.64. The van der Waals surface area contributed by atoms with Crippen molar-refractivity contribution in [2.24, 2.45) is 5.73 Å². The molecule has 19 heavy (non-hydrogen) atoms. The third kappa shape index (κ3) is 2.42. The van der Waals surface area contributed by atoms with Crippen molar-refractivity contribution in [2.45, 2.75) is 18.7 Å². The second-order valence-electron chi connectivity index (χ2n) is 4.98. The Kier molecular flexibility index (Phi) is 3.62. The normalized spacial score (nSPS) is 19.9. The van der Waals surface area contributed by atoms with Gasteiger partial charge in [-0.05, 0) is 10.9 Å². The number of hydrogen-bond acceptors (Lipinski definition) is 4. The average Bonchev–Trinajstić information content (AvgIpc) is 2.46. The van der Waals surface area contributed by atoms with Gasteiger partial charge in [-0.15, -0.1) is 0 Å². The quantitative estimate of drug-likeness (QED) is 0.913. The number of benzene rings is 1. The molecule has 1 aromatic carbocycles. The molecule has 1 saturated heterocycles. The fourth-order valence-corrected chi connectivity index (χ4v) is 3.68. The van der Waals surface area contributed by atoms with Crippen LogP contribution in [-0.2, 0) is 6.54 Å². The molecule has 2 aromatic rings. The zero-order chi connectivity index (χ0) is 13.2. The molecule has 1 atom stereocenters. The Morgan fingerprint density at radius 3 is 2.89 bits per heavy atom. The van der Waals surface area contributed by atoms with Gasteiger partial charge in [0.05, 0.1) is 0 Å². The van der Waals surface area contributed by atoms with Crippen LogP contribution in [0.5, 0.6) is 0 Å². The number of hydrogen-bond donors (Lipinski definition) is 1. The maximum atomic E-state index is 5.81. The minimum atomic E-state index is 0.542. The minimum absolute atomic E-state index is 0.542. The number of nitrogens with two attached hydrogens (primary N) is 1. The van der Waals surface area contributed by atoms with Crippen LogP contribution < -0.4 is 10.6 Å². The highest BCUT2D eigenvalue weighted by atomic mass is 32.2. The zero-order valence-electron chi connectivity index (χ0n) is 11.2. The molecule has 4 heteroatoms. The monoisotopic (exact) mass is 273 g/mol. The van der Waals surface area contributed by atoms with Crippen molar-refractivity contribution in [3.05, 3.63) is 36.0 Å². The molecule has 1 aliphatic rings. The minimum Gasteiger partial charge on any atom is -0.354 e. The van der Waals surface area contributed by atoms with E-state index in [9.17, 15) is 0 Å². The molecule has 1 aliphatic heterocycles. The third-order valence-corrected chi connectivity index (χ3v) is 4.75. The van der Waals surface area contributed by atoms with Crippen LogP contribution >= 0.6 is 11.8 Å². The fourth-order valence-electron chi connectivity index (χ4n) is 2.66. The van der Waals surface area contributed by atoms with E-state index in [1.807, 2.05) is 18.0 Å². The molecule has 0 saturated carbocycles. The Balaban J connectivity index is 2.09. The Labute approximate surface area is 118 Å². The topological polar surface area (TPSA) is 42.2 Å². The van der Waals surface area contributed by atoms with Crippen LogP contribution in [0.4, 0.5) is 5.82 Å². The highest BCUT2D eigenvalue weighted by Crippen LogP contribution is 2.30. The highest BCUT2D eigenvalue weighted by Gasteiger charge is 2.20. The number of anilines is 1. The number of nitrogens with zero attached hydrogens (tertiary/aromatic N) is 2. The number of aromatic nitrogens is 1. The standard InChI is InChI=1S/C15H19N3S/c1-11-10-18(6-7-19-11)15-14-5-3-2-4-13(14)12(8-16)9-17-15/h2-5,9,11H,6-8,10,16H2,1H3. The lowest BCUT2D eigenvalue weighted by Gasteiger charge is -2.32. The van der Waals surface area contributed by atoms with Gasteiger partial charge in [-0.1, -0.05) is 31.2 Å². The van der Waals surface area contributed by atoms with E-state index in [0.717, 1.165) is 24.5 Å². The molecule has 3 nitrogen and oxygen atoms in total. The number of pyridine rings is 1. The molecule has 1 fully saturated rings. The number of rotatable bonds is 2. The summed E-state index contributed by atoms with van der Waals surface area (Å²) >= 11 is 2.04. The van der Waals surface area contributed by atoms with Crippen LogP contribution in [0.1, 0.15) is 12.5 Å². The smallest absolute Gasteiger partial charge is 0.136 e. The molecule has 2 N–H and O–H groups in total. The van der Waals surface area contributed by atoms with Crippen LogP contribution in [0.2, 0.25) is 0 Å². The van der Waals surface area contributed by atoms with Crippen molar-refractivity contribution in [1.82, 2.24) is 4.98 Å². The first-order valence-electron chi connectivity index (χ1n) is 6.73. The summed E-state index contributed by atoms with van der Waals surface area (Å²) in [6.45, 7) is 4.98. The van der Waals surface area contributed by atoms with Crippen LogP contribution in [0.3, 0.4) is 0 Å². The van der Waals surface area contributed by atoms with E-state index in [1.54, 1.807) is 0 Å². The predicted molar refractivity (Wildman–Crippen MR) is 83.8 cm³/mol. The molecule has 0 spiro atoms. The summed E-state index contributed by atoms with van der Waals surface area (Å²) in [5, 5.41) is 3.13. The third-order valence-electron chi connectivity index (χ3n) is 3.62. The van der Waals surface area contributed by atoms with Gasteiger partial charge in [-0.2, -0.15) is 11.8 Å². The molecule has 1 aromatic heterocycles. The van der Waals surface area contributed by atoms with Crippen LogP contribution in [-0.4, -0.2) is 29.1 Å². The first kappa shape index (κ1) is 12.8. The van der Waals surface area contributed by atoms with Gasteiger partial charge in [0.2, 0.25) is 0 Å². The van der Waals surface area contributed by atoms with Crippen molar-refractivity contribution in [1.29, 1.82) is 0 Å². The molecule has 0 aliphatic carbocycles. The zero-order valence-corrected chi connectivity index (χ0v) is 12.0. The van der Waals surface area contributed by atoms with Crippen LogP contribution in [0.15, 0.2) is 30.5 Å². The van der Waals surface area contributed by atoms with Crippen molar-refractivity contribution in [3.8, 4) is 0 Å². The second-order valence-corrected chi connectivity index (χ2v) is 6.53. The van der Waals surface area contributed by atoms with Gasteiger partial charge >= 0.3 is 0 Å². The van der Waals surface area contributed by atoms with Gasteiger partial charge in [0.1, 0.15) is 5.82 Å². The van der Waals surface area contributed by atoms with Gasteiger partial charge in [0.25, 0.3) is 0 Å². The molecule has 1 unspecified atom stereocenters. The second kappa shape index (κ2) is 5.39. The van der Waals surface area contributed by atoms with Gasteiger partial charge in [-0.25, -0.2) is 4.98 Å². The maximum absolute atomic E-state index is 5.81. The van der Waals surface area contributed by atoms with Gasteiger partial charge < -0.3 is 10.6 Å². The number of fused-ring (bicyclic) bond motifs is 1. The molecular weight excluding hydrogens is 254 g/mol. The average molecular weight is 273 g/mol. The number of thioether (sulfide) groups is 1. The Hall–Kier alpha value is -1.26. The summed E-state index contributed by atoms with van der Waals surface area (Å²) in [6.07, 6.45) is 1.93. The molecule has 2 heterocycles. The largest absolute Gasteiger partial charge is 0.354 e. The van der Waals surface area contributed by atoms with Crippen molar-refractivity contribution < 1.29 is 0 Å². The fraction of sp³-hybridized carbons (Fsp3) is 0.400. The SMILES string of the molecule is CC1CN(c2ncc(CN)c3ccccc23)CCS1. The van der Waals surface area contributed by atoms with E-state index in [1.165, 1.54) is 16.5 Å². The van der Waals surface area contributed by atoms with Crippen molar-refractivity contribution in [3.63, 3.8) is 0 Å². The molecule has 0 amide bonds. The molecule has 100 valence electrons. The summed E-state index contributed by atoms with van der Waals surface area (Å²) in [5.74, 6) is 2.29. The summed E-state index contributed by atoms with van der Waals surface area (Å²) in [7, 11) is 0. The molecule has 0 radical (unpaired) electrons. The maximum Gasteiger partial charge on any atom is 0.136 e. The van der Waals surface area contributed by atoms with Crippen LogP contribution in [0.25, 0.3) is 10.8 Å². The Morgan fingerprint density at radius 2 is 2.16 bits per heavy atom. The lowest BCUT2D eigenvalue weighted by atomic mass is 10.1. The van der Waals surface area contributed by atoms with Gasteiger partial charge in [0.15, 0.2) is 0 Å². The first-order valence-corrected chi connectivity index (χ1v) is 7.77. The van der Waals surface area contributed by atoms with E-state index in [0.29, 0.717) is 11.8 Å². The van der Waals surface area contributed by atoms with Gasteiger partial charge in [0, 0.05) is 42.2 Å².